The second kappa shape index (κ2) is 8.89. The van der Waals surface area contributed by atoms with Crippen molar-refractivity contribution in [1.29, 1.82) is 0 Å². The largest absolute Gasteiger partial charge is 0.383 e. The number of rotatable bonds is 11. The fraction of sp³-hybridized carbons (Fsp3) is 1.00. The minimum atomic E-state index is 0.702. The highest BCUT2D eigenvalue weighted by molar-refractivity contribution is 4.87. The summed E-state index contributed by atoms with van der Waals surface area (Å²) < 4.78 is 5.22. The molecule has 18 heavy (non-hydrogen) atoms. The zero-order chi connectivity index (χ0) is 13.4. The molecule has 1 fully saturated rings. The molecule has 0 aromatic heterocycles. The van der Waals surface area contributed by atoms with Gasteiger partial charge in [0.2, 0.25) is 0 Å². The molecular formula is C15H32N2O. The van der Waals surface area contributed by atoms with Crippen LogP contribution >= 0.6 is 0 Å². The van der Waals surface area contributed by atoms with E-state index < -0.39 is 0 Å². The first kappa shape index (κ1) is 15.9. The van der Waals surface area contributed by atoms with E-state index in [2.05, 4.69) is 31.0 Å². The lowest BCUT2D eigenvalue weighted by Gasteiger charge is -2.29. The van der Waals surface area contributed by atoms with Crippen LogP contribution < -0.4 is 5.32 Å². The molecule has 0 amide bonds. The van der Waals surface area contributed by atoms with Crippen LogP contribution in [0.15, 0.2) is 0 Å². The Kier molecular flexibility index (Phi) is 7.87. The van der Waals surface area contributed by atoms with E-state index in [1.807, 2.05) is 0 Å². The minimum absolute atomic E-state index is 0.702. The molecule has 1 aliphatic carbocycles. The molecule has 1 atom stereocenters. The molecule has 3 nitrogen and oxygen atoms in total. The first-order valence-electron chi connectivity index (χ1n) is 7.60. The van der Waals surface area contributed by atoms with Gasteiger partial charge in [-0.15, -0.1) is 0 Å². The maximum absolute atomic E-state index is 5.22. The van der Waals surface area contributed by atoms with Gasteiger partial charge in [0.1, 0.15) is 0 Å². The number of nitrogens with zero attached hydrogens (tertiary/aromatic N) is 1. The van der Waals surface area contributed by atoms with E-state index in [0.717, 1.165) is 38.2 Å². The van der Waals surface area contributed by atoms with Gasteiger partial charge in [-0.05, 0) is 51.6 Å². The predicted octanol–water partition coefficient (Wildman–Crippen LogP) is 2.51. The van der Waals surface area contributed by atoms with Crippen LogP contribution in [-0.4, -0.2) is 50.3 Å². The molecule has 0 saturated heterocycles. The van der Waals surface area contributed by atoms with E-state index >= 15 is 0 Å². The summed E-state index contributed by atoms with van der Waals surface area (Å²) in [6.45, 7) is 11.2. The summed E-state index contributed by atoms with van der Waals surface area (Å²) in [6.07, 6.45) is 5.36. The van der Waals surface area contributed by atoms with Gasteiger partial charge in [0.15, 0.2) is 0 Å². The van der Waals surface area contributed by atoms with Gasteiger partial charge < -0.3 is 10.1 Å². The molecule has 0 bridgehead atoms. The Hall–Kier alpha value is -0.120. The van der Waals surface area contributed by atoms with Crippen LogP contribution in [0.2, 0.25) is 0 Å². The third-order valence-electron chi connectivity index (χ3n) is 3.66. The van der Waals surface area contributed by atoms with Crippen molar-refractivity contribution in [2.24, 2.45) is 5.92 Å². The second-order valence-electron chi connectivity index (χ2n) is 6.05. The summed E-state index contributed by atoms with van der Waals surface area (Å²) in [7, 11) is 1.80. The third-order valence-corrected chi connectivity index (χ3v) is 3.66. The number of hydrogen-bond donors (Lipinski definition) is 1. The van der Waals surface area contributed by atoms with Crippen molar-refractivity contribution in [3.05, 3.63) is 0 Å². The minimum Gasteiger partial charge on any atom is -0.383 e. The molecule has 0 aromatic carbocycles. The van der Waals surface area contributed by atoms with Gasteiger partial charge in [-0.3, -0.25) is 4.90 Å². The summed E-state index contributed by atoms with van der Waals surface area (Å²) in [5.41, 5.74) is 0. The maximum atomic E-state index is 5.22. The van der Waals surface area contributed by atoms with Gasteiger partial charge in [-0.2, -0.15) is 0 Å². The standard InChI is InChI=1S/C15H32N2O/c1-13(2)12-16-9-5-6-14(3)17(10-11-18-4)15-7-8-15/h13-16H,5-12H2,1-4H3. The summed E-state index contributed by atoms with van der Waals surface area (Å²) in [6, 6.07) is 1.55. The number of methoxy groups -OCH3 is 1. The van der Waals surface area contributed by atoms with Crippen LogP contribution in [0.25, 0.3) is 0 Å². The third kappa shape index (κ3) is 6.72. The van der Waals surface area contributed by atoms with Gasteiger partial charge in [-0.1, -0.05) is 13.8 Å². The lowest BCUT2D eigenvalue weighted by atomic mass is 10.1. The van der Waals surface area contributed by atoms with Crippen LogP contribution in [-0.2, 0) is 4.74 Å². The Labute approximate surface area is 113 Å². The molecule has 0 radical (unpaired) electrons. The number of hydrogen-bond acceptors (Lipinski definition) is 3. The monoisotopic (exact) mass is 256 g/mol. The van der Waals surface area contributed by atoms with Crippen molar-refractivity contribution >= 4 is 0 Å². The molecule has 0 aromatic rings. The van der Waals surface area contributed by atoms with Gasteiger partial charge in [0.25, 0.3) is 0 Å². The molecule has 1 aliphatic rings. The van der Waals surface area contributed by atoms with Gasteiger partial charge in [0, 0.05) is 25.7 Å². The highest BCUT2D eigenvalue weighted by atomic mass is 16.5. The predicted molar refractivity (Wildman–Crippen MR) is 78.0 cm³/mol. The van der Waals surface area contributed by atoms with Crippen molar-refractivity contribution < 1.29 is 4.74 Å². The molecule has 1 saturated carbocycles. The van der Waals surface area contributed by atoms with E-state index in [1.165, 1.54) is 25.7 Å². The number of ether oxygens (including phenoxy) is 1. The van der Waals surface area contributed by atoms with E-state index in [9.17, 15) is 0 Å². The summed E-state index contributed by atoms with van der Waals surface area (Å²) in [5, 5.41) is 3.52. The fourth-order valence-corrected chi connectivity index (χ4v) is 2.44. The van der Waals surface area contributed by atoms with Crippen LogP contribution in [0.1, 0.15) is 46.5 Å². The molecule has 1 rings (SSSR count). The first-order chi connectivity index (χ1) is 8.65. The molecule has 1 N–H and O–H groups in total. The molecule has 0 heterocycles. The summed E-state index contributed by atoms with van der Waals surface area (Å²) in [4.78, 5) is 2.64. The van der Waals surface area contributed by atoms with Gasteiger partial charge in [-0.25, -0.2) is 0 Å². The molecular weight excluding hydrogens is 224 g/mol. The molecule has 1 unspecified atom stereocenters. The van der Waals surface area contributed by atoms with Crippen molar-refractivity contribution in [2.75, 3.05) is 33.4 Å². The first-order valence-corrected chi connectivity index (χ1v) is 7.60. The average Bonchev–Trinajstić information content (AvgIpc) is 3.13. The smallest absolute Gasteiger partial charge is 0.0589 e. The van der Waals surface area contributed by atoms with E-state index in [1.54, 1.807) is 7.11 Å². The quantitative estimate of drug-likeness (QED) is 0.575. The van der Waals surface area contributed by atoms with E-state index in [0.29, 0.717) is 6.04 Å². The summed E-state index contributed by atoms with van der Waals surface area (Å²) >= 11 is 0. The van der Waals surface area contributed by atoms with Crippen molar-refractivity contribution in [3.8, 4) is 0 Å². The summed E-state index contributed by atoms with van der Waals surface area (Å²) in [5.74, 6) is 0.757. The average molecular weight is 256 g/mol. The molecule has 0 aliphatic heterocycles. The van der Waals surface area contributed by atoms with Crippen LogP contribution in [0, 0.1) is 5.92 Å². The highest BCUT2D eigenvalue weighted by Crippen LogP contribution is 2.29. The van der Waals surface area contributed by atoms with E-state index in [-0.39, 0.29) is 0 Å². The lowest BCUT2D eigenvalue weighted by Crippen LogP contribution is -2.38. The lowest BCUT2D eigenvalue weighted by molar-refractivity contribution is 0.115. The Morgan fingerprint density at radius 1 is 1.28 bits per heavy atom. The molecule has 108 valence electrons. The normalized spacial score (nSPS) is 17.7. The van der Waals surface area contributed by atoms with Crippen LogP contribution in [0.4, 0.5) is 0 Å². The van der Waals surface area contributed by atoms with Gasteiger partial charge >= 0.3 is 0 Å². The second-order valence-corrected chi connectivity index (χ2v) is 6.05. The van der Waals surface area contributed by atoms with Crippen molar-refractivity contribution in [1.82, 2.24) is 10.2 Å². The zero-order valence-electron chi connectivity index (χ0n) is 12.7. The molecule has 0 spiro atoms. The topological polar surface area (TPSA) is 24.5 Å². The Morgan fingerprint density at radius 2 is 2.00 bits per heavy atom. The Balaban J connectivity index is 2.10. The zero-order valence-corrected chi connectivity index (χ0v) is 12.7. The van der Waals surface area contributed by atoms with Crippen molar-refractivity contribution in [3.63, 3.8) is 0 Å². The SMILES string of the molecule is COCCN(C(C)CCCNCC(C)C)C1CC1. The Bertz CT molecular complexity index is 205. The van der Waals surface area contributed by atoms with Crippen LogP contribution in [0.5, 0.6) is 0 Å². The number of nitrogens with one attached hydrogen (secondary N) is 1. The highest BCUT2D eigenvalue weighted by Gasteiger charge is 2.31. The molecule has 3 heteroatoms. The fourth-order valence-electron chi connectivity index (χ4n) is 2.44. The maximum Gasteiger partial charge on any atom is 0.0589 e. The Morgan fingerprint density at radius 3 is 2.56 bits per heavy atom. The van der Waals surface area contributed by atoms with E-state index in [4.69, 9.17) is 4.74 Å². The van der Waals surface area contributed by atoms with Gasteiger partial charge in [0.05, 0.1) is 6.61 Å². The van der Waals surface area contributed by atoms with Crippen molar-refractivity contribution in [2.45, 2.75) is 58.5 Å². The van der Waals surface area contributed by atoms with Crippen LogP contribution in [0.3, 0.4) is 0 Å².